The monoisotopic (exact) mass is 316 g/mol. The summed E-state index contributed by atoms with van der Waals surface area (Å²) in [6, 6.07) is 4.15. The fourth-order valence-corrected chi connectivity index (χ4v) is 5.16. The Morgan fingerprint density at radius 3 is 2.61 bits per heavy atom. The van der Waals surface area contributed by atoms with Gasteiger partial charge in [0.25, 0.3) is 0 Å². The molecule has 2 heteroatoms. The van der Waals surface area contributed by atoms with Gasteiger partial charge in [-0.1, -0.05) is 41.0 Å². The van der Waals surface area contributed by atoms with Gasteiger partial charge in [0.1, 0.15) is 17.1 Å². The Balaban J connectivity index is 2.18. The molecule has 0 aromatic heterocycles. The highest BCUT2D eigenvalue weighted by atomic mass is 16.5. The standard InChI is InChI=1S/C21H32O2/c1-7-8-14-11-15(22)17-16(12-14)23-21(6)10-9-13(2)18(21)19(17)20(3,4)5/h11-13,18-19,22H,7-10H2,1-6H3/t13?,18-,19-,21-/m1/s1. The Morgan fingerprint density at radius 2 is 2.00 bits per heavy atom. The average Bonchev–Trinajstić information content (AvgIpc) is 2.71. The second-order valence-corrected chi connectivity index (χ2v) is 9.08. The van der Waals surface area contributed by atoms with Crippen LogP contribution in [0.2, 0.25) is 0 Å². The number of ether oxygens (including phenoxy) is 1. The van der Waals surface area contributed by atoms with Gasteiger partial charge < -0.3 is 9.84 Å². The minimum absolute atomic E-state index is 0.0956. The average molecular weight is 316 g/mol. The van der Waals surface area contributed by atoms with Gasteiger partial charge in [-0.05, 0) is 55.2 Å². The molecule has 1 aromatic carbocycles. The van der Waals surface area contributed by atoms with Crippen LogP contribution in [0.25, 0.3) is 0 Å². The zero-order valence-corrected chi connectivity index (χ0v) is 15.6. The fraction of sp³-hybridized carbons (Fsp3) is 0.714. The van der Waals surface area contributed by atoms with Crippen molar-refractivity contribution < 1.29 is 9.84 Å². The predicted molar refractivity (Wildman–Crippen MR) is 95.2 cm³/mol. The number of hydrogen-bond acceptors (Lipinski definition) is 2. The second-order valence-electron chi connectivity index (χ2n) is 9.08. The van der Waals surface area contributed by atoms with Crippen LogP contribution < -0.4 is 4.74 Å². The summed E-state index contributed by atoms with van der Waals surface area (Å²) in [5, 5.41) is 10.8. The van der Waals surface area contributed by atoms with Crippen LogP contribution in [0.15, 0.2) is 12.1 Å². The van der Waals surface area contributed by atoms with Crippen molar-refractivity contribution in [3.8, 4) is 11.5 Å². The molecule has 3 rings (SSSR count). The number of fused-ring (bicyclic) bond motifs is 2. The van der Waals surface area contributed by atoms with E-state index < -0.39 is 0 Å². The molecule has 128 valence electrons. The Morgan fingerprint density at radius 1 is 1.30 bits per heavy atom. The van der Waals surface area contributed by atoms with Crippen LogP contribution in [0, 0.1) is 17.3 Å². The lowest BCUT2D eigenvalue weighted by molar-refractivity contribution is -0.0192. The van der Waals surface area contributed by atoms with Crippen molar-refractivity contribution >= 4 is 0 Å². The van der Waals surface area contributed by atoms with E-state index in [-0.39, 0.29) is 11.0 Å². The van der Waals surface area contributed by atoms with Gasteiger partial charge in [0, 0.05) is 17.4 Å². The van der Waals surface area contributed by atoms with E-state index in [1.165, 1.54) is 12.0 Å². The predicted octanol–water partition coefficient (Wildman–Crippen LogP) is 5.67. The molecule has 1 heterocycles. The summed E-state index contributed by atoms with van der Waals surface area (Å²) in [6.07, 6.45) is 4.40. The number of phenols is 1. The molecule has 1 aromatic rings. The highest BCUT2D eigenvalue weighted by Gasteiger charge is 2.56. The van der Waals surface area contributed by atoms with Crippen molar-refractivity contribution in [3.63, 3.8) is 0 Å². The maximum Gasteiger partial charge on any atom is 0.127 e. The normalized spacial score (nSPS) is 33.0. The van der Waals surface area contributed by atoms with Gasteiger partial charge in [0.2, 0.25) is 0 Å². The number of hydrogen-bond donors (Lipinski definition) is 1. The maximum atomic E-state index is 10.8. The van der Waals surface area contributed by atoms with Crippen LogP contribution in [0.5, 0.6) is 11.5 Å². The summed E-state index contributed by atoms with van der Waals surface area (Å²) < 4.78 is 6.55. The second kappa shape index (κ2) is 5.43. The van der Waals surface area contributed by atoms with Crippen molar-refractivity contribution in [2.75, 3.05) is 0 Å². The van der Waals surface area contributed by atoms with Crippen LogP contribution in [0.3, 0.4) is 0 Å². The lowest BCUT2D eigenvalue weighted by Gasteiger charge is -2.49. The smallest absolute Gasteiger partial charge is 0.127 e. The maximum absolute atomic E-state index is 10.8. The summed E-state index contributed by atoms with van der Waals surface area (Å²) >= 11 is 0. The minimum Gasteiger partial charge on any atom is -0.508 e. The summed E-state index contributed by atoms with van der Waals surface area (Å²) in [5.41, 5.74) is 2.24. The van der Waals surface area contributed by atoms with Gasteiger partial charge in [0.05, 0.1) is 0 Å². The van der Waals surface area contributed by atoms with Crippen molar-refractivity contribution in [2.45, 2.75) is 78.7 Å². The highest BCUT2D eigenvalue weighted by molar-refractivity contribution is 5.53. The molecule has 1 N–H and O–H groups in total. The first kappa shape index (κ1) is 16.7. The topological polar surface area (TPSA) is 29.5 Å². The van der Waals surface area contributed by atoms with Crippen molar-refractivity contribution in [2.24, 2.45) is 17.3 Å². The first-order valence-corrected chi connectivity index (χ1v) is 9.22. The molecule has 2 nitrogen and oxygen atoms in total. The van der Waals surface area contributed by atoms with E-state index in [0.29, 0.717) is 23.5 Å². The molecular formula is C21H32O2. The summed E-state index contributed by atoms with van der Waals surface area (Å²) in [7, 11) is 0. The third-order valence-electron chi connectivity index (χ3n) is 6.08. The van der Waals surface area contributed by atoms with Gasteiger partial charge in [-0.2, -0.15) is 0 Å². The van der Waals surface area contributed by atoms with Crippen LogP contribution in [0.1, 0.15) is 77.8 Å². The molecule has 1 aliphatic carbocycles. The van der Waals surface area contributed by atoms with E-state index in [0.717, 1.165) is 30.6 Å². The molecule has 0 radical (unpaired) electrons. The molecule has 23 heavy (non-hydrogen) atoms. The van der Waals surface area contributed by atoms with Crippen LogP contribution >= 0.6 is 0 Å². The van der Waals surface area contributed by atoms with Gasteiger partial charge >= 0.3 is 0 Å². The first-order valence-electron chi connectivity index (χ1n) is 9.22. The molecular weight excluding hydrogens is 284 g/mol. The lowest BCUT2D eigenvalue weighted by Crippen LogP contribution is -2.48. The van der Waals surface area contributed by atoms with E-state index >= 15 is 0 Å². The Labute approximate surface area is 141 Å². The third kappa shape index (κ3) is 2.64. The van der Waals surface area contributed by atoms with Crippen molar-refractivity contribution in [1.29, 1.82) is 0 Å². The summed E-state index contributed by atoms with van der Waals surface area (Å²) in [5.74, 6) is 2.81. The zero-order valence-electron chi connectivity index (χ0n) is 15.6. The number of benzene rings is 1. The summed E-state index contributed by atoms with van der Waals surface area (Å²) in [6.45, 7) is 13.7. The molecule has 1 fully saturated rings. The third-order valence-corrected chi connectivity index (χ3v) is 6.08. The molecule has 4 atom stereocenters. The largest absolute Gasteiger partial charge is 0.508 e. The van der Waals surface area contributed by atoms with E-state index in [9.17, 15) is 5.11 Å². The van der Waals surface area contributed by atoms with Crippen LogP contribution in [-0.2, 0) is 6.42 Å². The lowest BCUT2D eigenvalue weighted by atomic mass is 9.62. The van der Waals surface area contributed by atoms with Crippen molar-refractivity contribution in [1.82, 2.24) is 0 Å². The van der Waals surface area contributed by atoms with E-state index in [1.54, 1.807) is 0 Å². The van der Waals surface area contributed by atoms with Gasteiger partial charge in [-0.3, -0.25) is 0 Å². The van der Waals surface area contributed by atoms with Gasteiger partial charge in [0.15, 0.2) is 0 Å². The number of aromatic hydroxyl groups is 1. The Hall–Kier alpha value is -1.18. The molecule has 0 amide bonds. The first-order chi connectivity index (χ1) is 10.7. The van der Waals surface area contributed by atoms with Crippen LogP contribution in [-0.4, -0.2) is 10.7 Å². The number of phenolic OH excluding ortho intramolecular Hbond substituents is 1. The van der Waals surface area contributed by atoms with Crippen molar-refractivity contribution in [3.05, 3.63) is 23.3 Å². The molecule has 1 saturated carbocycles. The molecule has 0 saturated heterocycles. The molecule has 0 spiro atoms. The number of rotatable bonds is 2. The highest BCUT2D eigenvalue weighted by Crippen LogP contribution is 2.61. The summed E-state index contributed by atoms with van der Waals surface area (Å²) in [4.78, 5) is 0. The molecule has 1 unspecified atom stereocenters. The Bertz CT molecular complexity index is 599. The fourth-order valence-electron chi connectivity index (χ4n) is 5.16. The SMILES string of the molecule is CCCc1cc(O)c2c(c1)O[C@]1(C)CCC(C)[C@@H]1[C@@H]2C(C)(C)C. The van der Waals surface area contributed by atoms with Crippen LogP contribution in [0.4, 0.5) is 0 Å². The zero-order chi connectivity index (χ0) is 17.0. The van der Waals surface area contributed by atoms with Gasteiger partial charge in [-0.25, -0.2) is 0 Å². The minimum atomic E-state index is -0.0956. The molecule has 2 aliphatic rings. The number of aryl methyl sites for hydroxylation is 1. The molecule has 1 aliphatic heterocycles. The molecule has 0 bridgehead atoms. The Kier molecular flexibility index (Phi) is 3.93. The van der Waals surface area contributed by atoms with E-state index in [1.807, 2.05) is 6.07 Å². The van der Waals surface area contributed by atoms with Gasteiger partial charge in [-0.15, -0.1) is 0 Å². The van der Waals surface area contributed by atoms with E-state index in [4.69, 9.17) is 4.74 Å². The quantitative estimate of drug-likeness (QED) is 0.761. The van der Waals surface area contributed by atoms with E-state index in [2.05, 4.69) is 47.6 Å².